The molecule has 0 spiro atoms. The van der Waals surface area contributed by atoms with Crippen LogP contribution in [0.1, 0.15) is 17.2 Å². The van der Waals surface area contributed by atoms with Gasteiger partial charge in [-0.1, -0.05) is 29.8 Å². The summed E-state index contributed by atoms with van der Waals surface area (Å²) in [5.74, 6) is 1.49. The molecule has 1 fully saturated rings. The molecule has 0 N–H and O–H groups in total. The molecule has 132 valence electrons. The Morgan fingerprint density at radius 2 is 1.80 bits per heavy atom. The minimum Gasteiger partial charge on any atom is -0.497 e. The van der Waals surface area contributed by atoms with Gasteiger partial charge in [0.1, 0.15) is 17.6 Å². The number of ether oxygens (including phenoxy) is 3. The quantitative estimate of drug-likeness (QED) is 0.839. The first-order chi connectivity index (χ1) is 12.2. The Labute approximate surface area is 148 Å². The summed E-state index contributed by atoms with van der Waals surface area (Å²) in [7, 11) is 1.64. The normalized spacial score (nSPS) is 17.2. The van der Waals surface area contributed by atoms with Gasteiger partial charge in [-0.2, -0.15) is 0 Å². The van der Waals surface area contributed by atoms with E-state index in [1.807, 2.05) is 55.5 Å². The molecule has 3 rings (SSSR count). The first kappa shape index (κ1) is 17.3. The standard InChI is InChI=1S/C20H23NO4/c1-15-3-7-18(8-4-15)25-14-20(22)21-11-12-24-19(13-21)16-5-9-17(23-2)10-6-16/h3-10,19H,11-14H2,1-2H3. The summed E-state index contributed by atoms with van der Waals surface area (Å²) in [6, 6.07) is 15.4. The van der Waals surface area contributed by atoms with Crippen LogP contribution in [0.25, 0.3) is 0 Å². The highest BCUT2D eigenvalue weighted by atomic mass is 16.5. The second kappa shape index (κ2) is 8.03. The number of hydrogen-bond acceptors (Lipinski definition) is 4. The van der Waals surface area contributed by atoms with Crippen molar-refractivity contribution in [1.82, 2.24) is 4.90 Å². The largest absolute Gasteiger partial charge is 0.497 e. The van der Waals surface area contributed by atoms with Gasteiger partial charge in [-0.15, -0.1) is 0 Å². The van der Waals surface area contributed by atoms with E-state index in [4.69, 9.17) is 14.2 Å². The molecule has 1 saturated heterocycles. The van der Waals surface area contributed by atoms with Gasteiger partial charge in [0, 0.05) is 6.54 Å². The molecular weight excluding hydrogens is 318 g/mol. The van der Waals surface area contributed by atoms with E-state index in [-0.39, 0.29) is 18.6 Å². The lowest BCUT2D eigenvalue weighted by molar-refractivity contribution is -0.141. The van der Waals surface area contributed by atoms with E-state index in [1.54, 1.807) is 12.0 Å². The summed E-state index contributed by atoms with van der Waals surface area (Å²) >= 11 is 0. The van der Waals surface area contributed by atoms with Crippen LogP contribution >= 0.6 is 0 Å². The molecule has 0 aliphatic carbocycles. The second-order valence-corrected chi connectivity index (χ2v) is 6.07. The molecule has 0 aromatic heterocycles. The molecule has 25 heavy (non-hydrogen) atoms. The lowest BCUT2D eigenvalue weighted by atomic mass is 10.1. The van der Waals surface area contributed by atoms with Crippen molar-refractivity contribution in [2.24, 2.45) is 0 Å². The minimum absolute atomic E-state index is 0.0256. The molecule has 0 radical (unpaired) electrons. The molecule has 1 amide bonds. The van der Waals surface area contributed by atoms with Crippen LogP contribution in [0.5, 0.6) is 11.5 Å². The minimum atomic E-state index is -0.122. The number of carbonyl (C=O) groups excluding carboxylic acids is 1. The number of amides is 1. The second-order valence-electron chi connectivity index (χ2n) is 6.07. The average molecular weight is 341 g/mol. The Hall–Kier alpha value is -2.53. The van der Waals surface area contributed by atoms with Gasteiger partial charge in [0.25, 0.3) is 5.91 Å². The van der Waals surface area contributed by atoms with Crippen molar-refractivity contribution in [3.8, 4) is 11.5 Å². The van der Waals surface area contributed by atoms with Crippen molar-refractivity contribution in [2.75, 3.05) is 33.4 Å². The Bertz CT molecular complexity index is 697. The number of benzene rings is 2. The first-order valence-electron chi connectivity index (χ1n) is 8.38. The van der Waals surface area contributed by atoms with E-state index in [1.165, 1.54) is 0 Å². The lowest BCUT2D eigenvalue weighted by Crippen LogP contribution is -2.44. The number of morpholine rings is 1. The van der Waals surface area contributed by atoms with Gasteiger partial charge >= 0.3 is 0 Å². The third kappa shape index (κ3) is 4.51. The van der Waals surface area contributed by atoms with Crippen molar-refractivity contribution in [1.29, 1.82) is 0 Å². The molecule has 0 saturated carbocycles. The Morgan fingerprint density at radius 1 is 1.12 bits per heavy atom. The SMILES string of the molecule is COc1ccc(C2CN(C(=O)COc3ccc(C)cc3)CCO2)cc1. The van der Waals surface area contributed by atoms with Gasteiger partial charge in [0.15, 0.2) is 6.61 Å². The van der Waals surface area contributed by atoms with Crippen molar-refractivity contribution in [2.45, 2.75) is 13.0 Å². The molecule has 1 aliphatic rings. The monoisotopic (exact) mass is 341 g/mol. The number of carbonyl (C=O) groups is 1. The molecule has 5 nitrogen and oxygen atoms in total. The molecule has 1 atom stereocenters. The Morgan fingerprint density at radius 3 is 2.48 bits per heavy atom. The van der Waals surface area contributed by atoms with Gasteiger partial charge in [0.05, 0.1) is 20.3 Å². The summed E-state index contributed by atoms with van der Waals surface area (Å²) in [4.78, 5) is 14.2. The maximum absolute atomic E-state index is 12.4. The summed E-state index contributed by atoms with van der Waals surface area (Å²) in [5, 5.41) is 0. The zero-order valence-corrected chi connectivity index (χ0v) is 14.6. The van der Waals surface area contributed by atoms with Crippen LogP contribution in [0.4, 0.5) is 0 Å². The Balaban J connectivity index is 1.56. The van der Waals surface area contributed by atoms with Crippen LogP contribution in [0, 0.1) is 6.92 Å². The van der Waals surface area contributed by atoms with Crippen molar-refractivity contribution in [3.63, 3.8) is 0 Å². The average Bonchev–Trinajstić information content (AvgIpc) is 2.67. The zero-order chi connectivity index (χ0) is 17.6. The fourth-order valence-electron chi connectivity index (χ4n) is 2.77. The van der Waals surface area contributed by atoms with E-state index in [0.29, 0.717) is 25.4 Å². The van der Waals surface area contributed by atoms with Crippen molar-refractivity contribution < 1.29 is 19.0 Å². The van der Waals surface area contributed by atoms with Gasteiger partial charge < -0.3 is 19.1 Å². The molecular formula is C20H23NO4. The first-order valence-corrected chi connectivity index (χ1v) is 8.38. The highest BCUT2D eigenvalue weighted by Crippen LogP contribution is 2.24. The van der Waals surface area contributed by atoms with Gasteiger partial charge in [0.2, 0.25) is 0 Å². The predicted octanol–water partition coefficient (Wildman–Crippen LogP) is 2.98. The van der Waals surface area contributed by atoms with Gasteiger partial charge in [-0.3, -0.25) is 4.79 Å². The third-order valence-electron chi connectivity index (χ3n) is 4.29. The van der Waals surface area contributed by atoms with Crippen molar-refractivity contribution >= 4 is 5.91 Å². The number of rotatable bonds is 5. The highest BCUT2D eigenvalue weighted by Gasteiger charge is 2.25. The number of aryl methyl sites for hydroxylation is 1. The van der Waals surface area contributed by atoms with Crippen LogP contribution in [-0.4, -0.2) is 44.2 Å². The van der Waals surface area contributed by atoms with Crippen LogP contribution in [0.3, 0.4) is 0 Å². The maximum atomic E-state index is 12.4. The Kier molecular flexibility index (Phi) is 5.56. The van der Waals surface area contributed by atoms with Crippen molar-refractivity contribution in [3.05, 3.63) is 59.7 Å². The van der Waals surface area contributed by atoms with E-state index in [2.05, 4.69) is 0 Å². The van der Waals surface area contributed by atoms with E-state index >= 15 is 0 Å². The summed E-state index contributed by atoms with van der Waals surface area (Å²) in [5.41, 5.74) is 2.20. The van der Waals surface area contributed by atoms with Crippen LogP contribution in [0.2, 0.25) is 0 Å². The topological polar surface area (TPSA) is 48.0 Å². The highest BCUT2D eigenvalue weighted by molar-refractivity contribution is 5.78. The smallest absolute Gasteiger partial charge is 0.260 e. The van der Waals surface area contributed by atoms with Gasteiger partial charge in [-0.25, -0.2) is 0 Å². The fourth-order valence-corrected chi connectivity index (χ4v) is 2.77. The molecule has 5 heteroatoms. The molecule has 2 aromatic rings. The molecule has 1 heterocycles. The van der Waals surface area contributed by atoms with E-state index in [9.17, 15) is 4.79 Å². The predicted molar refractivity (Wildman–Crippen MR) is 94.9 cm³/mol. The number of methoxy groups -OCH3 is 1. The van der Waals surface area contributed by atoms with Crippen LogP contribution in [-0.2, 0) is 9.53 Å². The third-order valence-corrected chi connectivity index (χ3v) is 4.29. The van der Waals surface area contributed by atoms with E-state index < -0.39 is 0 Å². The summed E-state index contributed by atoms with van der Waals surface area (Å²) in [6.45, 7) is 3.69. The van der Waals surface area contributed by atoms with E-state index in [0.717, 1.165) is 16.9 Å². The summed E-state index contributed by atoms with van der Waals surface area (Å²) in [6.07, 6.45) is -0.122. The van der Waals surface area contributed by atoms with Crippen LogP contribution in [0.15, 0.2) is 48.5 Å². The summed E-state index contributed by atoms with van der Waals surface area (Å²) < 4.78 is 16.6. The fraction of sp³-hybridized carbons (Fsp3) is 0.350. The van der Waals surface area contributed by atoms with Gasteiger partial charge in [-0.05, 0) is 36.8 Å². The zero-order valence-electron chi connectivity index (χ0n) is 14.6. The van der Waals surface area contributed by atoms with Crippen LogP contribution < -0.4 is 9.47 Å². The lowest BCUT2D eigenvalue weighted by Gasteiger charge is -2.33. The number of nitrogens with zero attached hydrogens (tertiary/aromatic N) is 1. The molecule has 2 aromatic carbocycles. The number of hydrogen-bond donors (Lipinski definition) is 0. The molecule has 1 unspecified atom stereocenters. The molecule has 0 bridgehead atoms. The molecule has 1 aliphatic heterocycles. The maximum Gasteiger partial charge on any atom is 0.260 e.